The number of halogens is 2. The van der Waals surface area contributed by atoms with Crippen LogP contribution >= 0.6 is 24.0 Å². The van der Waals surface area contributed by atoms with Crippen LogP contribution in [0.2, 0.25) is 5.02 Å². The minimum Gasteiger partial charge on any atom is -0.352 e. The van der Waals surface area contributed by atoms with Crippen molar-refractivity contribution >= 4 is 35.8 Å². The van der Waals surface area contributed by atoms with E-state index >= 15 is 0 Å². The molecule has 9 heteroatoms. The Morgan fingerprint density at radius 1 is 1.15 bits per heavy atom. The van der Waals surface area contributed by atoms with Crippen molar-refractivity contribution in [2.75, 3.05) is 26.2 Å². The second-order valence-electron chi connectivity index (χ2n) is 6.25. The summed E-state index contributed by atoms with van der Waals surface area (Å²) in [6, 6.07) is 8.49. The van der Waals surface area contributed by atoms with Gasteiger partial charge in [-0.2, -0.15) is 5.10 Å². The molecule has 27 heavy (non-hydrogen) atoms. The highest BCUT2D eigenvalue weighted by Gasteiger charge is 2.41. The van der Waals surface area contributed by atoms with Crippen LogP contribution in [0.25, 0.3) is 0 Å². The standard InChI is InChI=1S/C18H22ClN5O2.ClH/c19-15-4-2-14(3-5-15)16(25)21-11-12-22-17(26)18(6-9-20-10-7-18)24-13-1-8-23-24;/h1-5,8,13,20H,6-7,9-12H2,(H,21,25)(H,22,26);1H. The fourth-order valence-corrected chi connectivity index (χ4v) is 3.27. The molecule has 2 aromatic rings. The number of hydrogen-bond donors (Lipinski definition) is 3. The molecule has 7 nitrogen and oxygen atoms in total. The summed E-state index contributed by atoms with van der Waals surface area (Å²) in [5, 5.41) is 13.9. The first kappa shape index (κ1) is 21.2. The number of nitrogens with zero attached hydrogens (tertiary/aromatic N) is 2. The van der Waals surface area contributed by atoms with E-state index in [0.29, 0.717) is 36.5 Å². The first-order valence-electron chi connectivity index (χ1n) is 8.65. The maximum absolute atomic E-state index is 12.8. The van der Waals surface area contributed by atoms with E-state index in [1.54, 1.807) is 35.1 Å². The van der Waals surface area contributed by atoms with Gasteiger partial charge >= 0.3 is 0 Å². The lowest BCUT2D eigenvalue weighted by Crippen LogP contribution is -2.55. The average Bonchev–Trinajstić information content (AvgIpc) is 3.21. The Morgan fingerprint density at radius 2 is 1.81 bits per heavy atom. The third-order valence-electron chi connectivity index (χ3n) is 4.60. The zero-order chi connectivity index (χ0) is 18.4. The van der Waals surface area contributed by atoms with Gasteiger partial charge in [-0.1, -0.05) is 11.6 Å². The van der Waals surface area contributed by atoms with Crippen LogP contribution in [0.3, 0.4) is 0 Å². The number of rotatable bonds is 6. The summed E-state index contributed by atoms with van der Waals surface area (Å²) < 4.78 is 1.75. The van der Waals surface area contributed by atoms with Crippen molar-refractivity contribution in [1.29, 1.82) is 0 Å². The van der Waals surface area contributed by atoms with Gasteiger partial charge in [-0.25, -0.2) is 0 Å². The molecule has 0 radical (unpaired) electrons. The third-order valence-corrected chi connectivity index (χ3v) is 4.85. The largest absolute Gasteiger partial charge is 0.352 e. The third kappa shape index (κ3) is 5.00. The van der Waals surface area contributed by atoms with Gasteiger partial charge in [0.1, 0.15) is 5.54 Å². The Kier molecular flexibility index (Phi) is 7.65. The zero-order valence-electron chi connectivity index (χ0n) is 14.8. The molecule has 146 valence electrons. The molecule has 1 aliphatic rings. The van der Waals surface area contributed by atoms with E-state index in [1.807, 2.05) is 12.3 Å². The molecular weight excluding hydrogens is 389 g/mol. The van der Waals surface area contributed by atoms with Gasteiger partial charge in [-0.3, -0.25) is 14.3 Å². The van der Waals surface area contributed by atoms with Crippen LogP contribution < -0.4 is 16.0 Å². The maximum Gasteiger partial charge on any atom is 0.251 e. The first-order chi connectivity index (χ1) is 12.6. The Labute approximate surface area is 169 Å². The van der Waals surface area contributed by atoms with Crippen molar-refractivity contribution < 1.29 is 9.59 Å². The molecule has 2 amide bonds. The molecule has 0 saturated carbocycles. The summed E-state index contributed by atoms with van der Waals surface area (Å²) in [6.07, 6.45) is 4.87. The van der Waals surface area contributed by atoms with Gasteiger partial charge in [-0.05, 0) is 56.3 Å². The molecule has 1 aromatic heterocycles. The minimum atomic E-state index is -0.672. The van der Waals surface area contributed by atoms with Crippen LogP contribution in [-0.4, -0.2) is 47.8 Å². The molecule has 1 saturated heterocycles. The summed E-state index contributed by atoms with van der Waals surface area (Å²) in [5.74, 6) is -0.261. The number of piperidine rings is 1. The van der Waals surface area contributed by atoms with Crippen molar-refractivity contribution in [3.8, 4) is 0 Å². The second-order valence-corrected chi connectivity index (χ2v) is 6.69. The van der Waals surface area contributed by atoms with Crippen molar-refractivity contribution in [3.05, 3.63) is 53.3 Å². The zero-order valence-corrected chi connectivity index (χ0v) is 16.4. The lowest BCUT2D eigenvalue weighted by Gasteiger charge is -2.36. The van der Waals surface area contributed by atoms with Crippen molar-refractivity contribution in [2.45, 2.75) is 18.4 Å². The van der Waals surface area contributed by atoms with Gasteiger partial charge in [0, 0.05) is 36.1 Å². The smallest absolute Gasteiger partial charge is 0.251 e. The molecule has 3 rings (SSSR count). The van der Waals surface area contributed by atoms with Gasteiger partial charge in [0.25, 0.3) is 5.91 Å². The molecule has 1 aliphatic heterocycles. The molecule has 0 bridgehead atoms. The SMILES string of the molecule is Cl.O=C(NCCNC(=O)C1(n2cccn2)CCNCC1)c1ccc(Cl)cc1. The van der Waals surface area contributed by atoms with E-state index < -0.39 is 5.54 Å². The highest BCUT2D eigenvalue weighted by molar-refractivity contribution is 6.30. The summed E-state index contributed by atoms with van der Waals surface area (Å²) in [5.41, 5.74) is -0.137. The second kappa shape index (κ2) is 9.73. The molecule has 1 fully saturated rings. The summed E-state index contributed by atoms with van der Waals surface area (Å²) in [6.45, 7) is 2.23. The Bertz CT molecular complexity index is 744. The lowest BCUT2D eigenvalue weighted by molar-refractivity contribution is -0.131. The predicted molar refractivity (Wildman–Crippen MR) is 106 cm³/mol. The van der Waals surface area contributed by atoms with Crippen LogP contribution in [-0.2, 0) is 10.3 Å². The molecular formula is C18H23Cl2N5O2. The molecule has 2 heterocycles. The van der Waals surface area contributed by atoms with Gasteiger partial charge in [-0.15, -0.1) is 12.4 Å². The summed E-state index contributed by atoms with van der Waals surface area (Å²) in [7, 11) is 0. The highest BCUT2D eigenvalue weighted by atomic mass is 35.5. The number of carbonyl (C=O) groups excluding carboxylic acids is 2. The lowest BCUT2D eigenvalue weighted by atomic mass is 9.87. The van der Waals surface area contributed by atoms with Crippen LogP contribution in [0.5, 0.6) is 0 Å². The molecule has 0 atom stereocenters. The van der Waals surface area contributed by atoms with E-state index in [4.69, 9.17) is 11.6 Å². The fraction of sp³-hybridized carbons (Fsp3) is 0.389. The fourth-order valence-electron chi connectivity index (χ4n) is 3.14. The topological polar surface area (TPSA) is 88.1 Å². The highest BCUT2D eigenvalue weighted by Crippen LogP contribution is 2.26. The number of amides is 2. The minimum absolute atomic E-state index is 0. The van der Waals surface area contributed by atoms with E-state index in [9.17, 15) is 9.59 Å². The predicted octanol–water partition coefficient (Wildman–Crippen LogP) is 1.58. The van der Waals surface area contributed by atoms with E-state index in [0.717, 1.165) is 13.1 Å². The van der Waals surface area contributed by atoms with Gasteiger partial charge in [0.15, 0.2) is 0 Å². The van der Waals surface area contributed by atoms with Crippen molar-refractivity contribution in [2.24, 2.45) is 0 Å². The summed E-state index contributed by atoms with van der Waals surface area (Å²) in [4.78, 5) is 24.9. The van der Waals surface area contributed by atoms with Crippen molar-refractivity contribution in [3.63, 3.8) is 0 Å². The number of benzene rings is 1. The number of aromatic nitrogens is 2. The van der Waals surface area contributed by atoms with E-state index in [1.165, 1.54) is 0 Å². The molecule has 3 N–H and O–H groups in total. The number of hydrogen-bond acceptors (Lipinski definition) is 4. The van der Waals surface area contributed by atoms with Crippen LogP contribution in [0, 0.1) is 0 Å². The quantitative estimate of drug-likeness (QED) is 0.629. The molecule has 0 unspecified atom stereocenters. The van der Waals surface area contributed by atoms with Gasteiger partial charge in [0.05, 0.1) is 0 Å². The molecule has 0 spiro atoms. The van der Waals surface area contributed by atoms with E-state index in [-0.39, 0.29) is 24.2 Å². The van der Waals surface area contributed by atoms with E-state index in [2.05, 4.69) is 21.0 Å². The maximum atomic E-state index is 12.8. The van der Waals surface area contributed by atoms with Crippen LogP contribution in [0.4, 0.5) is 0 Å². The normalized spacial score (nSPS) is 15.4. The average molecular weight is 412 g/mol. The molecule has 1 aromatic carbocycles. The summed E-state index contributed by atoms with van der Waals surface area (Å²) >= 11 is 5.82. The van der Waals surface area contributed by atoms with Crippen LogP contribution in [0.1, 0.15) is 23.2 Å². The Balaban J connectivity index is 0.00000261. The monoisotopic (exact) mass is 411 g/mol. The molecule has 0 aliphatic carbocycles. The van der Waals surface area contributed by atoms with Crippen molar-refractivity contribution in [1.82, 2.24) is 25.7 Å². The Hall–Kier alpha value is -2.09. The van der Waals surface area contributed by atoms with Gasteiger partial charge in [0.2, 0.25) is 5.91 Å². The number of carbonyl (C=O) groups is 2. The Morgan fingerprint density at radius 3 is 2.44 bits per heavy atom. The number of nitrogens with one attached hydrogen (secondary N) is 3. The van der Waals surface area contributed by atoms with Crippen LogP contribution in [0.15, 0.2) is 42.7 Å². The van der Waals surface area contributed by atoms with Gasteiger partial charge < -0.3 is 16.0 Å². The first-order valence-corrected chi connectivity index (χ1v) is 9.02.